The minimum absolute atomic E-state index is 0.241. The smallest absolute Gasteiger partial charge is 0.322 e. The van der Waals surface area contributed by atoms with Crippen molar-refractivity contribution in [3.63, 3.8) is 0 Å². The average molecular weight is 251 g/mol. The van der Waals surface area contributed by atoms with E-state index in [4.69, 9.17) is 5.11 Å². The lowest BCUT2D eigenvalue weighted by atomic mass is 10.0. The van der Waals surface area contributed by atoms with Crippen molar-refractivity contribution in [3.05, 3.63) is 0 Å². The SMILES string of the molecule is CCC(C)[C@H](NS(=O)(=O)C(C)(C)C)C(=O)O. The van der Waals surface area contributed by atoms with Gasteiger partial charge in [-0.25, -0.2) is 13.1 Å². The van der Waals surface area contributed by atoms with E-state index in [-0.39, 0.29) is 5.92 Å². The highest BCUT2D eigenvalue weighted by atomic mass is 32.2. The van der Waals surface area contributed by atoms with Crippen LogP contribution in [0.1, 0.15) is 41.0 Å². The molecule has 0 rings (SSSR count). The summed E-state index contributed by atoms with van der Waals surface area (Å²) >= 11 is 0. The Labute approximate surface area is 97.3 Å². The van der Waals surface area contributed by atoms with Gasteiger partial charge in [-0.2, -0.15) is 0 Å². The topological polar surface area (TPSA) is 83.5 Å². The van der Waals surface area contributed by atoms with Gasteiger partial charge in [-0.1, -0.05) is 20.3 Å². The van der Waals surface area contributed by atoms with E-state index < -0.39 is 26.8 Å². The molecular formula is C10H21NO4S. The predicted molar refractivity (Wildman–Crippen MR) is 62.7 cm³/mol. The van der Waals surface area contributed by atoms with E-state index >= 15 is 0 Å². The van der Waals surface area contributed by atoms with Crippen molar-refractivity contribution in [1.82, 2.24) is 4.72 Å². The fraction of sp³-hybridized carbons (Fsp3) is 0.900. The highest BCUT2D eigenvalue weighted by Crippen LogP contribution is 2.17. The molecule has 2 atom stereocenters. The van der Waals surface area contributed by atoms with E-state index in [0.717, 1.165) is 0 Å². The van der Waals surface area contributed by atoms with Crippen LogP contribution in [0.25, 0.3) is 0 Å². The minimum atomic E-state index is -3.63. The zero-order chi connectivity index (χ0) is 13.1. The van der Waals surface area contributed by atoms with E-state index in [1.807, 2.05) is 6.92 Å². The molecule has 0 saturated carbocycles. The fourth-order valence-electron chi connectivity index (χ4n) is 0.990. The number of hydrogen-bond acceptors (Lipinski definition) is 3. The van der Waals surface area contributed by atoms with E-state index in [1.165, 1.54) is 20.8 Å². The van der Waals surface area contributed by atoms with Crippen LogP contribution < -0.4 is 4.72 Å². The van der Waals surface area contributed by atoms with Crippen LogP contribution in [0.4, 0.5) is 0 Å². The first-order valence-corrected chi connectivity index (χ1v) is 6.76. The van der Waals surface area contributed by atoms with Crippen molar-refractivity contribution >= 4 is 16.0 Å². The third-order valence-corrected chi connectivity index (χ3v) is 4.74. The van der Waals surface area contributed by atoms with E-state index in [1.54, 1.807) is 6.92 Å². The number of carboxylic acids is 1. The van der Waals surface area contributed by atoms with Crippen LogP contribution in [0.5, 0.6) is 0 Å². The molecule has 0 saturated heterocycles. The number of rotatable bonds is 5. The summed E-state index contributed by atoms with van der Waals surface area (Å²) in [6, 6.07) is -1.06. The number of hydrogen-bond donors (Lipinski definition) is 2. The number of carbonyl (C=O) groups is 1. The summed E-state index contributed by atoms with van der Waals surface area (Å²) in [5.41, 5.74) is 0. The Morgan fingerprint density at radius 2 is 1.81 bits per heavy atom. The summed E-state index contributed by atoms with van der Waals surface area (Å²) in [4.78, 5) is 11.0. The summed E-state index contributed by atoms with van der Waals surface area (Å²) < 4.78 is 24.9. The Morgan fingerprint density at radius 1 is 1.38 bits per heavy atom. The quantitative estimate of drug-likeness (QED) is 0.769. The van der Waals surface area contributed by atoms with Gasteiger partial charge in [0.1, 0.15) is 6.04 Å². The monoisotopic (exact) mass is 251 g/mol. The predicted octanol–water partition coefficient (Wildman–Crippen LogP) is 1.20. The zero-order valence-electron chi connectivity index (χ0n) is 10.4. The second kappa shape index (κ2) is 5.14. The first kappa shape index (κ1) is 15.4. The fourth-order valence-corrected chi connectivity index (χ4v) is 2.01. The van der Waals surface area contributed by atoms with Crippen molar-refractivity contribution in [2.45, 2.75) is 51.8 Å². The Bertz CT molecular complexity index is 342. The van der Waals surface area contributed by atoms with Gasteiger partial charge in [-0.15, -0.1) is 0 Å². The molecule has 0 fully saturated rings. The van der Waals surface area contributed by atoms with Gasteiger partial charge >= 0.3 is 5.97 Å². The summed E-state index contributed by atoms with van der Waals surface area (Å²) in [6.45, 7) is 8.14. The standard InChI is InChI=1S/C10H21NO4S/c1-6-7(2)8(9(12)13)11-16(14,15)10(3,4)5/h7-8,11H,6H2,1-5H3,(H,12,13)/t7?,8-/m0/s1. The molecule has 0 aliphatic carbocycles. The van der Waals surface area contributed by atoms with Crippen LogP contribution in [0.15, 0.2) is 0 Å². The molecule has 5 nitrogen and oxygen atoms in total. The first-order valence-electron chi connectivity index (χ1n) is 5.27. The van der Waals surface area contributed by atoms with Crippen molar-refractivity contribution in [2.24, 2.45) is 5.92 Å². The molecule has 0 aromatic carbocycles. The summed E-state index contributed by atoms with van der Waals surface area (Å²) in [7, 11) is -3.63. The van der Waals surface area contributed by atoms with E-state index in [2.05, 4.69) is 4.72 Å². The van der Waals surface area contributed by atoms with Gasteiger partial charge in [0.15, 0.2) is 0 Å². The lowest BCUT2D eigenvalue weighted by Crippen LogP contribution is -2.50. The lowest BCUT2D eigenvalue weighted by Gasteiger charge is -2.25. The van der Waals surface area contributed by atoms with Gasteiger partial charge in [0.05, 0.1) is 4.75 Å². The second-order valence-corrected chi connectivity index (χ2v) is 7.40. The normalized spacial score (nSPS) is 16.8. The van der Waals surface area contributed by atoms with Gasteiger partial charge in [0, 0.05) is 0 Å². The molecule has 0 amide bonds. The van der Waals surface area contributed by atoms with Crippen molar-refractivity contribution in [2.75, 3.05) is 0 Å². The molecule has 0 bridgehead atoms. The molecule has 6 heteroatoms. The van der Waals surface area contributed by atoms with Crippen LogP contribution in [-0.4, -0.2) is 30.3 Å². The van der Waals surface area contributed by atoms with Crippen LogP contribution >= 0.6 is 0 Å². The van der Waals surface area contributed by atoms with Crippen molar-refractivity contribution in [1.29, 1.82) is 0 Å². The molecule has 0 radical (unpaired) electrons. The Kier molecular flexibility index (Phi) is 4.94. The summed E-state index contributed by atoms with van der Waals surface area (Å²) in [5.74, 6) is -1.38. The second-order valence-electron chi connectivity index (χ2n) is 4.94. The van der Waals surface area contributed by atoms with Crippen LogP contribution in [-0.2, 0) is 14.8 Å². The maximum Gasteiger partial charge on any atom is 0.322 e. The Morgan fingerprint density at radius 3 is 2.06 bits per heavy atom. The van der Waals surface area contributed by atoms with Crippen LogP contribution in [0.2, 0.25) is 0 Å². The van der Waals surface area contributed by atoms with E-state index in [0.29, 0.717) is 6.42 Å². The number of sulfonamides is 1. The third-order valence-electron chi connectivity index (χ3n) is 2.57. The largest absolute Gasteiger partial charge is 0.480 e. The minimum Gasteiger partial charge on any atom is -0.480 e. The molecule has 0 aliphatic heterocycles. The number of carboxylic acid groups (broad SMARTS) is 1. The van der Waals surface area contributed by atoms with Gasteiger partial charge < -0.3 is 5.11 Å². The molecule has 16 heavy (non-hydrogen) atoms. The van der Waals surface area contributed by atoms with Gasteiger partial charge in [0.2, 0.25) is 10.0 Å². The highest BCUT2D eigenvalue weighted by molar-refractivity contribution is 7.90. The zero-order valence-corrected chi connectivity index (χ0v) is 11.3. The Hall–Kier alpha value is -0.620. The molecule has 96 valence electrons. The van der Waals surface area contributed by atoms with Crippen LogP contribution in [0.3, 0.4) is 0 Å². The van der Waals surface area contributed by atoms with Crippen molar-refractivity contribution in [3.8, 4) is 0 Å². The Balaban J connectivity index is 4.99. The highest BCUT2D eigenvalue weighted by Gasteiger charge is 2.35. The first-order chi connectivity index (χ1) is 7.03. The van der Waals surface area contributed by atoms with Crippen molar-refractivity contribution < 1.29 is 18.3 Å². The van der Waals surface area contributed by atoms with E-state index in [9.17, 15) is 13.2 Å². The molecule has 2 N–H and O–H groups in total. The number of aliphatic carboxylic acids is 1. The lowest BCUT2D eigenvalue weighted by molar-refractivity contribution is -0.140. The molecular weight excluding hydrogens is 230 g/mol. The summed E-state index contributed by atoms with van der Waals surface area (Å²) in [6.07, 6.45) is 0.601. The molecule has 0 aromatic rings. The average Bonchev–Trinajstić information content (AvgIpc) is 2.10. The summed E-state index contributed by atoms with van der Waals surface area (Å²) in [5, 5.41) is 8.98. The van der Waals surface area contributed by atoms with Gasteiger partial charge in [-0.3, -0.25) is 4.79 Å². The maximum atomic E-state index is 11.8. The molecule has 0 aromatic heterocycles. The van der Waals surface area contributed by atoms with Crippen LogP contribution in [0, 0.1) is 5.92 Å². The maximum absolute atomic E-state index is 11.8. The van der Waals surface area contributed by atoms with Gasteiger partial charge in [0.25, 0.3) is 0 Å². The third kappa shape index (κ3) is 3.75. The molecule has 0 heterocycles. The molecule has 1 unspecified atom stereocenters. The molecule has 0 spiro atoms. The number of nitrogens with one attached hydrogen (secondary N) is 1. The molecule has 0 aliphatic rings. The van der Waals surface area contributed by atoms with Gasteiger partial charge in [-0.05, 0) is 26.7 Å².